The Morgan fingerprint density at radius 3 is 2.76 bits per heavy atom. The van der Waals surface area contributed by atoms with Crippen LogP contribution in [-0.4, -0.2) is 28.7 Å². The van der Waals surface area contributed by atoms with Crippen molar-refractivity contribution < 1.29 is 15.1 Å². The van der Waals surface area contributed by atoms with Crippen LogP contribution < -0.4 is 11.1 Å². The molecular formula is C15H21N3O3. The molecule has 1 aliphatic rings. The average molecular weight is 291 g/mol. The van der Waals surface area contributed by atoms with Crippen molar-refractivity contribution in [3.05, 3.63) is 29.8 Å². The summed E-state index contributed by atoms with van der Waals surface area (Å²) < 4.78 is 0. The number of benzene rings is 1. The van der Waals surface area contributed by atoms with Gasteiger partial charge in [0.2, 0.25) is 5.91 Å². The molecule has 1 saturated carbocycles. The Morgan fingerprint density at radius 2 is 2.19 bits per heavy atom. The molecule has 0 aliphatic heterocycles. The van der Waals surface area contributed by atoms with Gasteiger partial charge >= 0.3 is 0 Å². The highest BCUT2D eigenvalue weighted by Crippen LogP contribution is 2.42. The first-order chi connectivity index (χ1) is 10.1. The number of nitrogens with two attached hydrogens (primary N) is 1. The lowest BCUT2D eigenvalue weighted by Crippen LogP contribution is -2.51. The predicted octanol–water partition coefficient (Wildman–Crippen LogP) is 1.47. The van der Waals surface area contributed by atoms with Crippen LogP contribution in [0, 0.1) is 5.41 Å². The third-order valence-electron chi connectivity index (χ3n) is 4.05. The zero-order chi connectivity index (χ0) is 15.3. The summed E-state index contributed by atoms with van der Waals surface area (Å²) >= 11 is 0. The number of anilines is 1. The molecule has 0 radical (unpaired) electrons. The van der Waals surface area contributed by atoms with Crippen LogP contribution in [0.2, 0.25) is 0 Å². The van der Waals surface area contributed by atoms with E-state index in [1.807, 2.05) is 18.2 Å². The van der Waals surface area contributed by atoms with Crippen molar-refractivity contribution in [1.29, 1.82) is 0 Å². The van der Waals surface area contributed by atoms with Gasteiger partial charge in [-0.2, -0.15) is 0 Å². The summed E-state index contributed by atoms with van der Waals surface area (Å²) in [5.41, 5.74) is 6.53. The maximum Gasteiger partial charge on any atom is 0.238 e. The Morgan fingerprint density at radius 1 is 1.43 bits per heavy atom. The summed E-state index contributed by atoms with van der Waals surface area (Å²) in [6.07, 6.45) is 3.52. The van der Waals surface area contributed by atoms with Gasteiger partial charge in [0.25, 0.3) is 0 Å². The fourth-order valence-corrected chi connectivity index (χ4v) is 2.56. The van der Waals surface area contributed by atoms with Crippen molar-refractivity contribution in [3.63, 3.8) is 0 Å². The Hall–Kier alpha value is -2.08. The predicted molar refractivity (Wildman–Crippen MR) is 80.2 cm³/mol. The molecule has 1 aliphatic carbocycles. The zero-order valence-corrected chi connectivity index (χ0v) is 11.9. The van der Waals surface area contributed by atoms with Crippen LogP contribution in [0.3, 0.4) is 0 Å². The van der Waals surface area contributed by atoms with E-state index in [0.717, 1.165) is 18.4 Å². The van der Waals surface area contributed by atoms with E-state index in [2.05, 4.69) is 10.5 Å². The smallest absolute Gasteiger partial charge is 0.238 e. The minimum atomic E-state index is -0.879. The molecule has 0 atom stereocenters. The number of aryl methyl sites for hydroxylation is 1. The van der Waals surface area contributed by atoms with Crippen LogP contribution in [0.25, 0.3) is 0 Å². The van der Waals surface area contributed by atoms with E-state index >= 15 is 0 Å². The van der Waals surface area contributed by atoms with Crippen LogP contribution in [-0.2, 0) is 11.2 Å². The fourth-order valence-electron chi connectivity index (χ4n) is 2.56. The number of carbonyl (C=O) groups is 1. The maximum atomic E-state index is 12.4. The van der Waals surface area contributed by atoms with Crippen LogP contribution >= 0.6 is 0 Å². The molecule has 1 amide bonds. The SMILES string of the molecule is N/C(=N/O)C1(C(=O)Nc2cccc(CCCO)c2)CCC1. The maximum absolute atomic E-state index is 12.4. The normalized spacial score (nSPS) is 17.1. The number of aliphatic hydroxyl groups excluding tert-OH is 1. The number of nitrogens with one attached hydrogen (secondary N) is 1. The molecule has 5 N–H and O–H groups in total. The van der Waals surface area contributed by atoms with E-state index < -0.39 is 5.41 Å². The Kier molecular flexibility index (Phi) is 4.80. The Labute approximate surface area is 123 Å². The standard InChI is InChI=1S/C15H21N3O3/c16-13(18-21)15(7-3-8-15)14(20)17-12-6-1-4-11(10-12)5-2-9-19/h1,4,6,10,19,21H,2-3,5,7-9H2,(H2,16,18)(H,17,20). The lowest BCUT2D eigenvalue weighted by Gasteiger charge is -2.38. The number of nitrogens with zero attached hydrogens (tertiary/aromatic N) is 1. The quantitative estimate of drug-likeness (QED) is 0.275. The topological polar surface area (TPSA) is 108 Å². The molecule has 0 heterocycles. The average Bonchev–Trinajstić information content (AvgIpc) is 2.44. The number of aliphatic hydroxyl groups is 1. The van der Waals surface area contributed by atoms with Gasteiger partial charge in [0.1, 0.15) is 5.41 Å². The molecule has 114 valence electrons. The summed E-state index contributed by atoms with van der Waals surface area (Å²) in [7, 11) is 0. The summed E-state index contributed by atoms with van der Waals surface area (Å²) in [6, 6.07) is 7.50. The number of oxime groups is 1. The van der Waals surface area contributed by atoms with E-state index in [1.165, 1.54) is 0 Å². The number of hydrogen-bond acceptors (Lipinski definition) is 4. The molecule has 0 aromatic heterocycles. The van der Waals surface area contributed by atoms with Gasteiger partial charge in [0.15, 0.2) is 5.84 Å². The molecule has 0 spiro atoms. The molecule has 1 fully saturated rings. The van der Waals surface area contributed by atoms with E-state index in [1.54, 1.807) is 6.07 Å². The Bertz CT molecular complexity index is 539. The molecule has 1 aromatic carbocycles. The second kappa shape index (κ2) is 6.58. The zero-order valence-electron chi connectivity index (χ0n) is 11.9. The van der Waals surface area contributed by atoms with E-state index in [9.17, 15) is 4.79 Å². The molecule has 6 heteroatoms. The molecule has 0 saturated heterocycles. The highest BCUT2D eigenvalue weighted by atomic mass is 16.4. The lowest BCUT2D eigenvalue weighted by molar-refractivity contribution is -0.125. The van der Waals surface area contributed by atoms with Crippen LogP contribution in [0.1, 0.15) is 31.2 Å². The van der Waals surface area contributed by atoms with Crippen molar-refractivity contribution in [2.75, 3.05) is 11.9 Å². The number of carbonyl (C=O) groups excluding carboxylic acids is 1. The first kappa shape index (κ1) is 15.3. The number of amides is 1. The highest BCUT2D eigenvalue weighted by molar-refractivity contribution is 6.12. The largest absolute Gasteiger partial charge is 0.409 e. The molecule has 1 aromatic rings. The highest BCUT2D eigenvalue weighted by Gasteiger charge is 2.48. The summed E-state index contributed by atoms with van der Waals surface area (Å²) in [4.78, 5) is 12.4. The second-order valence-corrected chi connectivity index (χ2v) is 5.40. The monoisotopic (exact) mass is 291 g/mol. The van der Waals surface area contributed by atoms with Crippen LogP contribution in [0.4, 0.5) is 5.69 Å². The van der Waals surface area contributed by atoms with Gasteiger partial charge in [-0.05, 0) is 43.4 Å². The molecule has 6 nitrogen and oxygen atoms in total. The van der Waals surface area contributed by atoms with Gasteiger partial charge in [-0.1, -0.05) is 23.7 Å². The van der Waals surface area contributed by atoms with Crippen molar-refractivity contribution >= 4 is 17.4 Å². The van der Waals surface area contributed by atoms with E-state index in [4.69, 9.17) is 16.0 Å². The third kappa shape index (κ3) is 3.16. The van der Waals surface area contributed by atoms with Gasteiger partial charge in [0, 0.05) is 12.3 Å². The molecule has 2 rings (SSSR count). The van der Waals surface area contributed by atoms with Gasteiger partial charge in [0.05, 0.1) is 0 Å². The van der Waals surface area contributed by atoms with Crippen LogP contribution in [0.15, 0.2) is 29.4 Å². The van der Waals surface area contributed by atoms with Crippen molar-refractivity contribution in [2.45, 2.75) is 32.1 Å². The lowest BCUT2D eigenvalue weighted by atomic mass is 9.67. The number of rotatable bonds is 6. The van der Waals surface area contributed by atoms with E-state index in [-0.39, 0.29) is 18.3 Å². The number of hydrogen-bond donors (Lipinski definition) is 4. The minimum absolute atomic E-state index is 0.0253. The summed E-state index contributed by atoms with van der Waals surface area (Å²) in [6.45, 7) is 0.142. The van der Waals surface area contributed by atoms with Crippen molar-refractivity contribution in [1.82, 2.24) is 0 Å². The van der Waals surface area contributed by atoms with Crippen LogP contribution in [0.5, 0.6) is 0 Å². The first-order valence-corrected chi connectivity index (χ1v) is 7.11. The van der Waals surface area contributed by atoms with Gasteiger partial charge < -0.3 is 21.4 Å². The van der Waals surface area contributed by atoms with Crippen molar-refractivity contribution in [3.8, 4) is 0 Å². The summed E-state index contributed by atoms with van der Waals surface area (Å²) in [5, 5.41) is 23.6. The van der Waals surface area contributed by atoms with Gasteiger partial charge in [-0.3, -0.25) is 4.79 Å². The second-order valence-electron chi connectivity index (χ2n) is 5.40. The minimum Gasteiger partial charge on any atom is -0.409 e. The molecule has 0 unspecified atom stereocenters. The third-order valence-corrected chi connectivity index (χ3v) is 4.05. The van der Waals surface area contributed by atoms with Gasteiger partial charge in [-0.25, -0.2) is 0 Å². The van der Waals surface area contributed by atoms with Gasteiger partial charge in [-0.15, -0.1) is 0 Å². The molecular weight excluding hydrogens is 270 g/mol. The van der Waals surface area contributed by atoms with E-state index in [0.29, 0.717) is 24.9 Å². The number of amidine groups is 1. The summed E-state index contributed by atoms with van der Waals surface area (Å²) in [5.74, 6) is -0.258. The Balaban J connectivity index is 2.09. The van der Waals surface area contributed by atoms with Crippen molar-refractivity contribution in [2.24, 2.45) is 16.3 Å². The fraction of sp³-hybridized carbons (Fsp3) is 0.467. The molecule has 0 bridgehead atoms. The molecule has 21 heavy (non-hydrogen) atoms. The first-order valence-electron chi connectivity index (χ1n) is 7.11.